The minimum atomic E-state index is -0.570. The van der Waals surface area contributed by atoms with E-state index in [1.165, 1.54) is 0 Å². The molecule has 0 bridgehead atoms. The maximum atomic E-state index is 11.8. The highest BCUT2D eigenvalue weighted by Crippen LogP contribution is 2.31. The van der Waals surface area contributed by atoms with Gasteiger partial charge in [0.15, 0.2) is 5.88 Å². The molecule has 0 aliphatic carbocycles. The van der Waals surface area contributed by atoms with Gasteiger partial charge in [-0.3, -0.25) is 10.1 Å². The molecule has 4 N–H and O–H groups in total. The molecule has 7 heteroatoms. The summed E-state index contributed by atoms with van der Waals surface area (Å²) >= 11 is 0. The van der Waals surface area contributed by atoms with Gasteiger partial charge in [0.05, 0.1) is 17.0 Å². The number of aromatic nitrogens is 1. The van der Waals surface area contributed by atoms with Gasteiger partial charge in [-0.15, -0.1) is 0 Å². The number of fused-ring (bicyclic) bond motifs is 1. The number of benzene rings is 3. The van der Waals surface area contributed by atoms with Gasteiger partial charge in [-0.2, -0.15) is 0 Å². The molecule has 7 nitrogen and oxygen atoms in total. The third-order valence-electron chi connectivity index (χ3n) is 5.45. The van der Waals surface area contributed by atoms with Crippen LogP contribution in [0.1, 0.15) is 16.7 Å². The van der Waals surface area contributed by atoms with Crippen molar-refractivity contribution in [2.75, 3.05) is 0 Å². The third-order valence-corrected chi connectivity index (χ3v) is 5.45. The molecule has 158 valence electrons. The van der Waals surface area contributed by atoms with Crippen LogP contribution in [0.4, 0.5) is 10.5 Å². The summed E-state index contributed by atoms with van der Waals surface area (Å²) in [7, 11) is 0. The minimum Gasteiger partial charge on any atom is -0.494 e. The number of para-hydroxylation sites is 1. The van der Waals surface area contributed by atoms with Crippen molar-refractivity contribution in [2.24, 2.45) is 4.99 Å². The monoisotopic (exact) mass is 424 g/mol. The molecule has 1 unspecified atom stereocenters. The van der Waals surface area contributed by atoms with Gasteiger partial charge < -0.3 is 15.4 Å². The lowest BCUT2D eigenvalue weighted by Crippen LogP contribution is -2.30. The molecule has 2 heterocycles. The number of carbonyl (C=O) groups excluding carboxylic acids is 2. The Morgan fingerprint density at radius 2 is 1.62 bits per heavy atom. The molecule has 3 amide bonds. The second-order valence-corrected chi connectivity index (χ2v) is 7.61. The van der Waals surface area contributed by atoms with Crippen LogP contribution < -0.4 is 10.6 Å². The summed E-state index contributed by atoms with van der Waals surface area (Å²) < 4.78 is 0. The average molecular weight is 424 g/mol. The second-order valence-electron chi connectivity index (χ2n) is 7.61. The van der Waals surface area contributed by atoms with E-state index in [-0.39, 0.29) is 11.8 Å². The predicted octanol–water partition coefficient (Wildman–Crippen LogP) is 3.79. The Hall–Kier alpha value is -4.39. The molecule has 1 fully saturated rings. The maximum Gasteiger partial charge on any atom is 0.322 e. The molecule has 3 aromatic carbocycles. The molecule has 0 saturated carbocycles. The Morgan fingerprint density at radius 3 is 2.34 bits per heavy atom. The quantitative estimate of drug-likeness (QED) is 0.289. The first-order chi connectivity index (χ1) is 15.6. The first-order valence-electron chi connectivity index (χ1n) is 10.2. The van der Waals surface area contributed by atoms with E-state index in [9.17, 15) is 14.7 Å². The van der Waals surface area contributed by atoms with Crippen LogP contribution in [0, 0.1) is 0 Å². The van der Waals surface area contributed by atoms with E-state index in [2.05, 4.69) is 15.6 Å². The molecule has 1 aromatic heterocycles. The fourth-order valence-corrected chi connectivity index (χ4v) is 3.90. The third kappa shape index (κ3) is 3.72. The molecule has 0 spiro atoms. The maximum absolute atomic E-state index is 11.8. The number of nitrogens with one attached hydrogen (secondary N) is 3. The van der Waals surface area contributed by atoms with Crippen LogP contribution in [-0.4, -0.2) is 33.8 Å². The summed E-state index contributed by atoms with van der Waals surface area (Å²) in [6.07, 6.45) is 0.399. The Morgan fingerprint density at radius 1 is 0.906 bits per heavy atom. The topological polar surface area (TPSA) is 107 Å². The molecule has 0 radical (unpaired) electrons. The zero-order valence-corrected chi connectivity index (χ0v) is 17.0. The molecule has 4 aromatic rings. The van der Waals surface area contributed by atoms with E-state index in [1.807, 2.05) is 78.9 Å². The van der Waals surface area contributed by atoms with Gasteiger partial charge in [-0.1, -0.05) is 60.7 Å². The zero-order valence-electron chi connectivity index (χ0n) is 17.0. The van der Waals surface area contributed by atoms with Crippen LogP contribution in [0.15, 0.2) is 83.9 Å². The number of aromatic hydroxyl groups is 1. The van der Waals surface area contributed by atoms with Gasteiger partial charge in [-0.25, -0.2) is 9.79 Å². The first kappa shape index (κ1) is 19.6. The van der Waals surface area contributed by atoms with Crippen molar-refractivity contribution in [1.82, 2.24) is 15.6 Å². The lowest BCUT2D eigenvalue weighted by atomic mass is 10.0. The summed E-state index contributed by atoms with van der Waals surface area (Å²) in [5.74, 6) is -0.258. The highest BCUT2D eigenvalue weighted by Gasteiger charge is 2.29. The number of urea groups is 1. The van der Waals surface area contributed by atoms with Crippen LogP contribution in [0.5, 0.6) is 5.88 Å². The lowest BCUT2D eigenvalue weighted by molar-refractivity contribution is -0.120. The van der Waals surface area contributed by atoms with Crippen LogP contribution in [-0.2, 0) is 11.2 Å². The summed E-state index contributed by atoms with van der Waals surface area (Å²) in [6, 6.07) is 23.8. The predicted molar refractivity (Wildman–Crippen MR) is 122 cm³/mol. The van der Waals surface area contributed by atoms with Gasteiger partial charge in [0.25, 0.3) is 5.91 Å². The number of aromatic amines is 1. The van der Waals surface area contributed by atoms with E-state index >= 15 is 0 Å². The number of aliphatic imine (C=N–C) groups is 1. The van der Waals surface area contributed by atoms with E-state index < -0.39 is 12.1 Å². The van der Waals surface area contributed by atoms with Crippen LogP contribution >= 0.6 is 0 Å². The minimum absolute atomic E-state index is 0.0633. The van der Waals surface area contributed by atoms with E-state index in [0.717, 1.165) is 22.0 Å². The molecule has 1 atom stereocenters. The Balaban J connectivity index is 1.52. The molecule has 1 saturated heterocycles. The summed E-state index contributed by atoms with van der Waals surface area (Å²) in [4.78, 5) is 31.0. The summed E-state index contributed by atoms with van der Waals surface area (Å²) in [5, 5.41) is 16.4. The number of hydrogen-bond acceptors (Lipinski definition) is 4. The smallest absolute Gasteiger partial charge is 0.322 e. The van der Waals surface area contributed by atoms with Crippen molar-refractivity contribution in [1.29, 1.82) is 0 Å². The number of imide groups is 1. The van der Waals surface area contributed by atoms with Crippen molar-refractivity contribution in [2.45, 2.75) is 12.5 Å². The lowest BCUT2D eigenvalue weighted by Gasteiger charge is -2.09. The number of hydrogen-bond donors (Lipinski definition) is 4. The fraction of sp³-hybridized carbons (Fsp3) is 0.0800. The SMILES string of the molecule is O=C1NC(=O)C(Cc2ccc(N=C(c3ccccc3)c3c(O)[nH]c4ccccc34)cc2)N1. The fourth-order valence-electron chi connectivity index (χ4n) is 3.90. The Kier molecular flexibility index (Phi) is 4.91. The number of amides is 3. The average Bonchev–Trinajstić information content (AvgIpc) is 3.30. The normalized spacial score (nSPS) is 16.2. The van der Waals surface area contributed by atoms with Gasteiger partial charge in [0.1, 0.15) is 6.04 Å². The molecule has 1 aliphatic heterocycles. The zero-order chi connectivity index (χ0) is 22.1. The summed E-state index contributed by atoms with van der Waals surface area (Å²) in [6.45, 7) is 0. The van der Waals surface area contributed by atoms with E-state index in [4.69, 9.17) is 4.99 Å². The van der Waals surface area contributed by atoms with Crippen LogP contribution in [0.3, 0.4) is 0 Å². The van der Waals surface area contributed by atoms with Crippen molar-refractivity contribution in [3.63, 3.8) is 0 Å². The molecular formula is C25H20N4O3. The van der Waals surface area contributed by atoms with Crippen LogP contribution in [0.2, 0.25) is 0 Å². The molecular weight excluding hydrogens is 404 g/mol. The van der Waals surface area contributed by atoms with Crippen molar-refractivity contribution in [3.05, 3.63) is 95.6 Å². The highest BCUT2D eigenvalue weighted by molar-refractivity contribution is 6.21. The summed E-state index contributed by atoms with van der Waals surface area (Å²) in [5.41, 5.74) is 4.61. The van der Waals surface area contributed by atoms with Gasteiger partial charge in [0, 0.05) is 22.9 Å². The molecule has 1 aliphatic rings. The second kappa shape index (κ2) is 8.03. The highest BCUT2D eigenvalue weighted by atomic mass is 16.3. The Bertz CT molecular complexity index is 1340. The number of H-pyrrole nitrogens is 1. The number of nitrogens with zero attached hydrogens (tertiary/aromatic N) is 1. The van der Waals surface area contributed by atoms with Crippen molar-refractivity contribution < 1.29 is 14.7 Å². The molecule has 5 rings (SSSR count). The van der Waals surface area contributed by atoms with Gasteiger partial charge >= 0.3 is 6.03 Å². The number of rotatable bonds is 5. The first-order valence-corrected chi connectivity index (χ1v) is 10.2. The van der Waals surface area contributed by atoms with Crippen molar-refractivity contribution >= 4 is 34.2 Å². The van der Waals surface area contributed by atoms with E-state index in [1.54, 1.807) is 0 Å². The molecule has 32 heavy (non-hydrogen) atoms. The standard InChI is InChI=1S/C25H20N4O3/c30-23-20(28-25(32)29-23)14-15-10-12-17(13-11-15)26-22(16-6-2-1-3-7-16)21-18-8-4-5-9-19(18)27-24(21)31/h1-13,20,27,31H,14H2,(H2,28,29,30,32). The van der Waals surface area contributed by atoms with Crippen molar-refractivity contribution in [3.8, 4) is 5.88 Å². The van der Waals surface area contributed by atoms with E-state index in [0.29, 0.717) is 23.4 Å². The Labute approximate surface area is 183 Å². The van der Waals surface area contributed by atoms with Crippen LogP contribution in [0.25, 0.3) is 10.9 Å². The van der Waals surface area contributed by atoms with Gasteiger partial charge in [-0.05, 0) is 23.8 Å². The van der Waals surface area contributed by atoms with Gasteiger partial charge in [0.2, 0.25) is 0 Å². The largest absolute Gasteiger partial charge is 0.494 e. The number of carbonyl (C=O) groups is 2.